The van der Waals surface area contributed by atoms with Crippen LogP contribution in [-0.2, 0) is 19.7 Å². The maximum atomic E-state index is 13.5. The van der Waals surface area contributed by atoms with Gasteiger partial charge in [-0.05, 0) is 49.2 Å². The zero-order valence-electron chi connectivity index (χ0n) is 18.0. The number of amides is 1. The Hall–Kier alpha value is -2.78. The van der Waals surface area contributed by atoms with E-state index in [2.05, 4.69) is 10.5 Å². The first-order valence-corrected chi connectivity index (χ1v) is 11.5. The number of carbonyl (C=O) groups excluding carboxylic acids is 1. The molecule has 1 aliphatic heterocycles. The first-order valence-electron chi connectivity index (χ1n) is 10.1. The molecule has 0 saturated carbocycles. The van der Waals surface area contributed by atoms with Crippen LogP contribution < -0.4 is 5.32 Å². The molecule has 1 heterocycles. The van der Waals surface area contributed by atoms with E-state index in [1.807, 2.05) is 6.92 Å². The predicted molar refractivity (Wildman–Crippen MR) is 117 cm³/mol. The highest BCUT2D eigenvalue weighted by Crippen LogP contribution is 2.27. The molecule has 7 nitrogen and oxygen atoms in total. The van der Waals surface area contributed by atoms with Gasteiger partial charge in [-0.15, -0.1) is 0 Å². The molecular weight excluding hydrogens is 421 g/mol. The fourth-order valence-electron chi connectivity index (χ4n) is 3.39. The second kappa shape index (κ2) is 9.15. The number of aryl methyl sites for hydroxylation is 1. The molecule has 2 aromatic rings. The number of nitrogens with one attached hydrogen (secondary N) is 1. The summed E-state index contributed by atoms with van der Waals surface area (Å²) in [6, 6.07) is 8.99. The first kappa shape index (κ1) is 22.9. The van der Waals surface area contributed by atoms with E-state index < -0.39 is 27.9 Å². The van der Waals surface area contributed by atoms with Gasteiger partial charge in [0.2, 0.25) is 16.1 Å². The largest absolute Gasteiger partial charge is 0.382 e. The van der Waals surface area contributed by atoms with Crippen molar-refractivity contribution in [1.82, 2.24) is 4.31 Å². The average Bonchev–Trinajstić information content (AvgIpc) is 3.22. The van der Waals surface area contributed by atoms with E-state index in [4.69, 9.17) is 4.84 Å². The first-order chi connectivity index (χ1) is 14.7. The topological polar surface area (TPSA) is 88.1 Å². The highest BCUT2D eigenvalue weighted by atomic mass is 32.2. The Morgan fingerprint density at radius 3 is 2.58 bits per heavy atom. The quantitative estimate of drug-likeness (QED) is 0.702. The third-order valence-electron chi connectivity index (χ3n) is 5.36. The number of benzene rings is 2. The Kier molecular flexibility index (Phi) is 6.76. The Labute approximate surface area is 181 Å². The Bertz CT molecular complexity index is 1130. The number of hydrogen-bond acceptors (Lipinski definition) is 5. The van der Waals surface area contributed by atoms with Crippen LogP contribution in [0.5, 0.6) is 0 Å². The molecule has 1 N–H and O–H groups in total. The molecular formula is C22H26FN3O4S. The van der Waals surface area contributed by atoms with Crippen molar-refractivity contribution in [1.29, 1.82) is 0 Å². The van der Waals surface area contributed by atoms with E-state index in [0.29, 0.717) is 30.1 Å². The fourth-order valence-corrected chi connectivity index (χ4v) is 4.96. The maximum Gasteiger partial charge on any atom is 0.268 e. The third kappa shape index (κ3) is 4.77. The average molecular weight is 448 g/mol. The van der Waals surface area contributed by atoms with Crippen molar-refractivity contribution < 1.29 is 22.4 Å². The fraction of sp³-hybridized carbons (Fsp3) is 0.364. The van der Waals surface area contributed by atoms with Crippen molar-refractivity contribution in [3.05, 3.63) is 58.9 Å². The van der Waals surface area contributed by atoms with Gasteiger partial charge in [-0.25, -0.2) is 12.8 Å². The number of hydrogen-bond donors (Lipinski definition) is 1. The molecule has 2 aromatic carbocycles. The SMILES string of the molecule is CCN(CC)S(=O)(=O)c1cc(C)c(C)c(NC(=O)C2CC(c3cccc(F)c3)=NO2)c1. The van der Waals surface area contributed by atoms with Crippen molar-refractivity contribution >= 4 is 27.3 Å². The van der Waals surface area contributed by atoms with Crippen LogP contribution in [0.1, 0.15) is 37.0 Å². The van der Waals surface area contributed by atoms with Gasteiger partial charge >= 0.3 is 0 Å². The molecule has 31 heavy (non-hydrogen) atoms. The summed E-state index contributed by atoms with van der Waals surface area (Å²) < 4.78 is 40.7. The molecule has 0 bridgehead atoms. The summed E-state index contributed by atoms with van der Waals surface area (Å²) in [5.41, 5.74) is 2.93. The van der Waals surface area contributed by atoms with Crippen LogP contribution in [-0.4, -0.2) is 43.5 Å². The summed E-state index contributed by atoms with van der Waals surface area (Å²) in [5, 5.41) is 6.69. The van der Waals surface area contributed by atoms with Crippen LogP contribution in [0.2, 0.25) is 0 Å². The summed E-state index contributed by atoms with van der Waals surface area (Å²) >= 11 is 0. The minimum Gasteiger partial charge on any atom is -0.382 e. The van der Waals surface area contributed by atoms with Crippen LogP contribution in [0.3, 0.4) is 0 Å². The lowest BCUT2D eigenvalue weighted by molar-refractivity contribution is -0.125. The van der Waals surface area contributed by atoms with Crippen LogP contribution in [0.25, 0.3) is 0 Å². The van der Waals surface area contributed by atoms with E-state index in [1.165, 1.54) is 22.5 Å². The minimum atomic E-state index is -3.67. The van der Waals surface area contributed by atoms with Gasteiger partial charge in [0, 0.05) is 30.8 Å². The normalized spacial score (nSPS) is 16.2. The standard InChI is InChI=1S/C22H26FN3O4S/c1-5-26(6-2)31(28,29)18-10-14(3)15(4)19(12-18)24-22(27)21-13-20(25-30-21)16-8-7-9-17(23)11-16/h7-12,21H,5-6,13H2,1-4H3,(H,24,27). The van der Waals surface area contributed by atoms with Crippen LogP contribution >= 0.6 is 0 Å². The van der Waals surface area contributed by atoms with E-state index >= 15 is 0 Å². The highest BCUT2D eigenvalue weighted by Gasteiger charge is 2.30. The van der Waals surface area contributed by atoms with Gasteiger partial charge in [0.25, 0.3) is 5.91 Å². The predicted octanol–water partition coefficient (Wildman–Crippen LogP) is 3.60. The molecule has 1 aliphatic rings. The molecule has 3 rings (SSSR count). The van der Waals surface area contributed by atoms with Crippen molar-refractivity contribution in [3.63, 3.8) is 0 Å². The molecule has 0 spiro atoms. The van der Waals surface area contributed by atoms with Gasteiger partial charge < -0.3 is 10.2 Å². The van der Waals surface area contributed by atoms with Gasteiger partial charge in [-0.1, -0.05) is 31.1 Å². The molecule has 0 radical (unpaired) electrons. The summed E-state index contributed by atoms with van der Waals surface area (Å²) in [4.78, 5) is 18.2. The number of sulfonamides is 1. The second-order valence-corrected chi connectivity index (χ2v) is 9.28. The number of halogens is 1. The molecule has 0 aliphatic carbocycles. The Balaban J connectivity index is 1.80. The van der Waals surface area contributed by atoms with E-state index in [-0.39, 0.29) is 11.3 Å². The molecule has 0 aromatic heterocycles. The zero-order chi connectivity index (χ0) is 22.8. The zero-order valence-corrected chi connectivity index (χ0v) is 18.8. The summed E-state index contributed by atoms with van der Waals surface area (Å²) in [6.07, 6.45) is -0.703. The van der Waals surface area contributed by atoms with Crippen molar-refractivity contribution in [2.45, 2.75) is 45.1 Å². The third-order valence-corrected chi connectivity index (χ3v) is 7.39. The van der Waals surface area contributed by atoms with Gasteiger partial charge in [-0.3, -0.25) is 4.79 Å². The van der Waals surface area contributed by atoms with E-state index in [0.717, 1.165) is 11.1 Å². The molecule has 1 unspecified atom stereocenters. The minimum absolute atomic E-state index is 0.124. The van der Waals surface area contributed by atoms with E-state index in [9.17, 15) is 17.6 Å². The smallest absolute Gasteiger partial charge is 0.268 e. The molecule has 0 fully saturated rings. The van der Waals surface area contributed by atoms with Crippen LogP contribution in [0.4, 0.5) is 10.1 Å². The highest BCUT2D eigenvalue weighted by molar-refractivity contribution is 7.89. The van der Waals surface area contributed by atoms with Gasteiger partial charge in [0.15, 0.2) is 0 Å². The lowest BCUT2D eigenvalue weighted by atomic mass is 10.0. The van der Waals surface area contributed by atoms with Crippen LogP contribution in [0.15, 0.2) is 46.4 Å². The molecule has 0 saturated heterocycles. The number of rotatable bonds is 7. The van der Waals surface area contributed by atoms with Gasteiger partial charge in [0.05, 0.1) is 10.6 Å². The monoisotopic (exact) mass is 447 g/mol. The van der Waals surface area contributed by atoms with Gasteiger partial charge in [0.1, 0.15) is 5.82 Å². The summed E-state index contributed by atoms with van der Waals surface area (Å²) in [6.45, 7) is 7.86. The Morgan fingerprint density at radius 2 is 1.94 bits per heavy atom. The molecule has 9 heteroatoms. The number of anilines is 1. The Morgan fingerprint density at radius 1 is 1.23 bits per heavy atom. The number of nitrogens with zero attached hydrogens (tertiary/aromatic N) is 2. The maximum absolute atomic E-state index is 13.5. The van der Waals surface area contributed by atoms with E-state index in [1.54, 1.807) is 39.0 Å². The van der Waals surface area contributed by atoms with Crippen LogP contribution in [0, 0.1) is 19.7 Å². The second-order valence-electron chi connectivity index (χ2n) is 7.34. The van der Waals surface area contributed by atoms with Gasteiger partial charge in [-0.2, -0.15) is 4.31 Å². The molecule has 1 amide bonds. The number of oxime groups is 1. The lowest BCUT2D eigenvalue weighted by Gasteiger charge is -2.21. The lowest BCUT2D eigenvalue weighted by Crippen LogP contribution is -2.31. The van der Waals surface area contributed by atoms with Crippen molar-refractivity contribution in [3.8, 4) is 0 Å². The molecule has 1 atom stereocenters. The molecule has 166 valence electrons. The van der Waals surface area contributed by atoms with Crippen molar-refractivity contribution in [2.24, 2.45) is 5.16 Å². The summed E-state index contributed by atoms with van der Waals surface area (Å²) in [5.74, 6) is -0.847. The number of carbonyl (C=O) groups is 1. The summed E-state index contributed by atoms with van der Waals surface area (Å²) in [7, 11) is -3.67. The van der Waals surface area contributed by atoms with Crippen molar-refractivity contribution in [2.75, 3.05) is 18.4 Å².